The topological polar surface area (TPSA) is 126 Å². The van der Waals surface area contributed by atoms with E-state index >= 15 is 0 Å². The van der Waals surface area contributed by atoms with Gasteiger partial charge in [0.2, 0.25) is 5.69 Å². The molecule has 0 bridgehead atoms. The Morgan fingerprint density at radius 1 is 0.618 bits per heavy atom. The number of para-hydroxylation sites is 1. The summed E-state index contributed by atoms with van der Waals surface area (Å²) in [7, 11) is 1.67. The SMILES string of the molecule is CO/C(c1ccccc1)=[N+](/[N-]c1ccccc1)c1ccccc1.[C-]#[O+].[C-]#[O+].[C-]#[O+].[C-]#[O+].[C-]#[O+].[W]. The van der Waals surface area contributed by atoms with E-state index in [4.69, 9.17) is 33.4 Å². The number of hydrogen-bond donors (Lipinski definition) is 0. The van der Waals surface area contributed by atoms with Crippen molar-refractivity contribution in [2.24, 2.45) is 0 Å². The predicted octanol–water partition coefficient (Wildman–Crippen LogP) is 4.85. The Hall–Kier alpha value is -3.68. The first-order valence-corrected chi connectivity index (χ1v) is 8.49. The molecular weight excluding hydrogens is 608 g/mol. The van der Waals surface area contributed by atoms with Gasteiger partial charge in [-0.05, 0) is 12.1 Å². The fourth-order valence-electron chi connectivity index (χ4n) is 2.31. The second-order valence-electron chi connectivity index (χ2n) is 4.96. The first-order chi connectivity index (χ1) is 16.4. The second kappa shape index (κ2) is 29.3. The zero-order valence-corrected chi connectivity index (χ0v) is 20.8. The third-order valence-corrected chi connectivity index (χ3v) is 3.38. The number of ether oxygens (including phenoxy) is 1. The Labute approximate surface area is 213 Å². The van der Waals surface area contributed by atoms with Crippen molar-refractivity contribution in [1.82, 2.24) is 0 Å². The fourth-order valence-corrected chi connectivity index (χ4v) is 2.31. The Morgan fingerprint density at radius 3 is 1.35 bits per heavy atom. The van der Waals surface area contributed by atoms with Crippen molar-refractivity contribution in [3.63, 3.8) is 0 Å². The molecule has 0 atom stereocenters. The molecule has 9 heteroatoms. The predicted molar refractivity (Wildman–Crippen MR) is 113 cm³/mol. The summed E-state index contributed by atoms with van der Waals surface area (Å²) in [6, 6.07) is 29.8. The Kier molecular flexibility index (Phi) is 32.4. The van der Waals surface area contributed by atoms with Crippen LogP contribution in [0, 0.1) is 33.3 Å². The summed E-state index contributed by atoms with van der Waals surface area (Å²) in [4.78, 5) is 0. The van der Waals surface area contributed by atoms with Crippen LogP contribution in [0.5, 0.6) is 0 Å². The summed E-state index contributed by atoms with van der Waals surface area (Å²) in [6.45, 7) is 22.5. The zero-order chi connectivity index (χ0) is 25.9. The molecule has 0 saturated carbocycles. The number of hydrogen-bond acceptors (Lipinski definition) is 1. The summed E-state index contributed by atoms with van der Waals surface area (Å²) in [5.41, 5.74) is 7.52. The monoisotopic (exact) mass is 626 g/mol. The fraction of sp³-hybridized carbons (Fsp3) is 0.0400. The molecule has 3 aromatic rings. The van der Waals surface area contributed by atoms with Gasteiger partial charge in [-0.1, -0.05) is 72.4 Å². The van der Waals surface area contributed by atoms with Gasteiger partial charge in [0.25, 0.3) is 0 Å². The average Bonchev–Trinajstić information content (AvgIpc) is 2.96. The molecule has 0 N–H and O–H groups in total. The molecule has 0 fully saturated rings. The van der Waals surface area contributed by atoms with Crippen LogP contribution in [0.4, 0.5) is 11.4 Å². The third-order valence-electron chi connectivity index (χ3n) is 3.38. The Bertz CT molecular complexity index is 965. The molecule has 8 nitrogen and oxygen atoms in total. The van der Waals surface area contributed by atoms with Gasteiger partial charge in [0.1, 0.15) is 0 Å². The van der Waals surface area contributed by atoms with Crippen LogP contribution >= 0.6 is 0 Å². The van der Waals surface area contributed by atoms with Gasteiger partial charge in [-0.2, -0.15) is 4.68 Å². The van der Waals surface area contributed by atoms with Crippen LogP contribution in [-0.2, 0) is 49.1 Å². The standard InChI is InChI=1S/C20H18N2O.5CO.W/c1-23-20(17-11-5-2-6-12-17)22(19-15-9-4-10-16-19)21-18-13-7-3-8-14-18;5*1-2;/h2-16H,1H3;;;;;;/b22-20+;;;;;;. The van der Waals surface area contributed by atoms with Crippen LogP contribution in [0.2, 0.25) is 0 Å². The first kappa shape index (κ1) is 37.6. The van der Waals surface area contributed by atoms with Gasteiger partial charge in [0.15, 0.2) is 0 Å². The molecule has 0 amide bonds. The van der Waals surface area contributed by atoms with Crippen molar-refractivity contribution >= 4 is 17.3 Å². The molecule has 3 rings (SSSR count). The molecule has 170 valence electrons. The van der Waals surface area contributed by atoms with Gasteiger partial charge in [0.05, 0.1) is 12.7 Å². The molecule has 0 unspecified atom stereocenters. The van der Waals surface area contributed by atoms with E-state index in [9.17, 15) is 0 Å². The number of rotatable bonds is 4. The maximum atomic E-state index is 7.50. The summed E-state index contributed by atoms with van der Waals surface area (Å²) in [6.07, 6.45) is 0. The van der Waals surface area contributed by atoms with Crippen LogP contribution in [0.25, 0.3) is 5.43 Å². The molecule has 0 aliphatic carbocycles. The number of benzene rings is 3. The third kappa shape index (κ3) is 14.4. The molecule has 0 aliphatic rings. The van der Waals surface area contributed by atoms with E-state index in [1.807, 2.05) is 95.7 Å². The number of nitrogens with zero attached hydrogens (tertiary/aromatic N) is 2. The zero-order valence-electron chi connectivity index (χ0n) is 17.9. The Balaban J connectivity index is -0.000000364. The maximum absolute atomic E-state index is 7.50. The van der Waals surface area contributed by atoms with Gasteiger partial charge in [-0.3, -0.25) is 0 Å². The molecular formula is C25H18N2O6W. The van der Waals surface area contributed by atoms with Crippen molar-refractivity contribution in [2.75, 3.05) is 7.11 Å². The second-order valence-corrected chi connectivity index (χ2v) is 4.96. The van der Waals surface area contributed by atoms with Crippen molar-refractivity contribution in [3.05, 3.63) is 135 Å². The van der Waals surface area contributed by atoms with Gasteiger partial charge >= 0.3 is 62.4 Å². The summed E-state index contributed by atoms with van der Waals surface area (Å²) in [5, 5.41) is 0. The van der Waals surface area contributed by atoms with E-state index in [0.717, 1.165) is 16.9 Å². The molecule has 0 heterocycles. The van der Waals surface area contributed by atoms with E-state index in [1.165, 1.54) is 0 Å². The molecule has 3 aromatic carbocycles. The molecule has 34 heavy (non-hydrogen) atoms. The smallest absolute Gasteiger partial charge is 0 e. The van der Waals surface area contributed by atoms with E-state index in [2.05, 4.69) is 33.3 Å². The van der Waals surface area contributed by atoms with Gasteiger partial charge in [-0.25, -0.2) is 0 Å². The van der Waals surface area contributed by atoms with Gasteiger partial charge in [0, 0.05) is 33.2 Å². The van der Waals surface area contributed by atoms with E-state index in [1.54, 1.807) is 7.11 Å². The maximum Gasteiger partial charge on any atom is 0 e. The molecule has 0 saturated heterocycles. The van der Waals surface area contributed by atoms with Crippen LogP contribution in [0.1, 0.15) is 5.56 Å². The van der Waals surface area contributed by atoms with Crippen LogP contribution in [-0.4, -0.2) is 17.7 Å². The average molecular weight is 626 g/mol. The van der Waals surface area contributed by atoms with Crippen molar-refractivity contribution in [1.29, 1.82) is 0 Å². The minimum atomic E-state index is 0. The first-order valence-electron chi connectivity index (χ1n) is 8.49. The van der Waals surface area contributed by atoms with E-state index in [0.29, 0.717) is 5.90 Å². The van der Waals surface area contributed by atoms with Crippen molar-refractivity contribution < 1.29 is 53.7 Å². The normalized spacial score (nSPS) is 8.09. The Morgan fingerprint density at radius 2 is 0.971 bits per heavy atom. The minimum Gasteiger partial charge on any atom is 0 e. The molecule has 0 spiro atoms. The molecule has 0 radical (unpaired) electrons. The summed E-state index contributed by atoms with van der Waals surface area (Å²) >= 11 is 0. The van der Waals surface area contributed by atoms with Crippen LogP contribution in [0.15, 0.2) is 91.0 Å². The summed E-state index contributed by atoms with van der Waals surface area (Å²) in [5.74, 6) is 0.681. The van der Waals surface area contributed by atoms with Gasteiger partial charge in [-0.15, -0.1) is 0 Å². The summed E-state index contributed by atoms with van der Waals surface area (Å²) < 4.78 is 45.0. The molecule has 0 aliphatic heterocycles. The van der Waals surface area contributed by atoms with E-state index < -0.39 is 0 Å². The van der Waals surface area contributed by atoms with Crippen LogP contribution < -0.4 is 0 Å². The minimum absolute atomic E-state index is 0. The molecule has 0 aromatic heterocycles. The number of methoxy groups -OCH3 is 1. The van der Waals surface area contributed by atoms with E-state index in [-0.39, 0.29) is 21.1 Å². The largest absolute Gasteiger partial charge is 0 e. The quantitative estimate of drug-likeness (QED) is 0.101. The van der Waals surface area contributed by atoms with Crippen molar-refractivity contribution in [3.8, 4) is 0 Å². The van der Waals surface area contributed by atoms with Crippen molar-refractivity contribution in [2.45, 2.75) is 0 Å². The van der Waals surface area contributed by atoms with Crippen LogP contribution in [0.3, 0.4) is 0 Å². The van der Waals surface area contributed by atoms with Gasteiger partial charge < -0.3 is 10.2 Å².